The fourth-order valence-electron chi connectivity index (χ4n) is 8.81. The van der Waals surface area contributed by atoms with Gasteiger partial charge in [-0.1, -0.05) is 127 Å². The Morgan fingerprint density at radius 2 is 1.37 bits per heavy atom. The molecular formula is C46H27N3OS. The van der Waals surface area contributed by atoms with Crippen molar-refractivity contribution in [2.75, 3.05) is 0 Å². The molecule has 1 aliphatic carbocycles. The van der Waals surface area contributed by atoms with Crippen molar-refractivity contribution in [2.24, 2.45) is 0 Å². The maximum absolute atomic E-state index is 6.69. The van der Waals surface area contributed by atoms with Crippen LogP contribution in [0, 0.1) is 0 Å². The first kappa shape index (κ1) is 27.5. The third-order valence-electron chi connectivity index (χ3n) is 10.9. The highest BCUT2D eigenvalue weighted by molar-refractivity contribution is 7.27. The van der Waals surface area contributed by atoms with E-state index >= 15 is 0 Å². The van der Waals surface area contributed by atoms with E-state index in [-0.39, 0.29) is 12.0 Å². The zero-order chi connectivity index (χ0) is 33.2. The summed E-state index contributed by atoms with van der Waals surface area (Å²) in [5, 5.41) is 11.1. The van der Waals surface area contributed by atoms with E-state index in [1.54, 1.807) is 0 Å². The van der Waals surface area contributed by atoms with E-state index in [0.29, 0.717) is 5.95 Å². The van der Waals surface area contributed by atoms with Crippen LogP contribution in [0.15, 0.2) is 152 Å². The summed E-state index contributed by atoms with van der Waals surface area (Å²) in [6.45, 7) is 0. The lowest BCUT2D eigenvalue weighted by Gasteiger charge is -2.25. The summed E-state index contributed by atoms with van der Waals surface area (Å²) in [5.41, 5.74) is 6.49. The highest BCUT2D eigenvalue weighted by Gasteiger charge is 2.38. The molecular weight excluding hydrogens is 643 g/mol. The van der Waals surface area contributed by atoms with E-state index < -0.39 is 0 Å². The largest absolute Gasteiger partial charge is 0.484 e. The van der Waals surface area contributed by atoms with Gasteiger partial charge in [0.25, 0.3) is 0 Å². The van der Waals surface area contributed by atoms with Crippen molar-refractivity contribution in [3.8, 4) is 11.7 Å². The third-order valence-corrected chi connectivity index (χ3v) is 12.1. The van der Waals surface area contributed by atoms with Gasteiger partial charge in [0.05, 0.1) is 28.2 Å². The summed E-state index contributed by atoms with van der Waals surface area (Å²) in [7, 11) is 0. The molecule has 0 saturated heterocycles. The van der Waals surface area contributed by atoms with Crippen LogP contribution in [0.3, 0.4) is 0 Å². The fourth-order valence-corrected chi connectivity index (χ4v) is 10.1. The summed E-state index contributed by atoms with van der Waals surface area (Å²) < 4.78 is 11.6. The average Bonchev–Trinajstić information content (AvgIpc) is 3.87. The summed E-state index contributed by atoms with van der Waals surface area (Å²) in [5.74, 6) is 1.51. The van der Waals surface area contributed by atoms with Crippen LogP contribution in [-0.2, 0) is 0 Å². The number of aromatic nitrogens is 3. The van der Waals surface area contributed by atoms with Crippen molar-refractivity contribution in [3.05, 3.63) is 163 Å². The van der Waals surface area contributed by atoms with Gasteiger partial charge in [0.1, 0.15) is 11.9 Å². The number of nitrogens with zero attached hydrogens (tertiary/aromatic N) is 3. The van der Waals surface area contributed by atoms with Gasteiger partial charge in [0, 0.05) is 52.9 Å². The predicted molar refractivity (Wildman–Crippen MR) is 212 cm³/mol. The number of fused-ring (bicyclic) bond motifs is 16. The maximum atomic E-state index is 6.69. The Hall–Kier alpha value is -6.30. The van der Waals surface area contributed by atoms with Crippen molar-refractivity contribution in [1.29, 1.82) is 0 Å². The molecule has 1 aliphatic heterocycles. The van der Waals surface area contributed by atoms with Gasteiger partial charge in [-0.25, -0.2) is 9.97 Å². The maximum Gasteiger partial charge on any atom is 0.235 e. The first-order chi connectivity index (χ1) is 25.3. The lowest BCUT2D eigenvalue weighted by Crippen LogP contribution is -2.24. The standard InChI is InChI=1S/C46H27N3OS/c1-2-13-27-26(12-1)24-25-33-39-31-16-4-8-21-36(31)49(43(39)41-32-17-6-10-23-38(32)51-45(41)40(27)33)46-47-35-20-7-3-15-30(35)42(48-46)34-19-11-18-29-28-14-5-9-22-37(28)50-44(29)34/h1-25,34,44H. The Labute approximate surface area is 296 Å². The zero-order valence-electron chi connectivity index (χ0n) is 27.2. The van der Waals surface area contributed by atoms with Crippen molar-refractivity contribution < 1.29 is 4.74 Å². The Morgan fingerprint density at radius 3 is 2.31 bits per heavy atom. The van der Waals surface area contributed by atoms with Gasteiger partial charge in [-0.15, -0.1) is 11.3 Å². The predicted octanol–water partition coefficient (Wildman–Crippen LogP) is 11.9. The minimum absolute atomic E-state index is 0.0914. The fraction of sp³-hybridized carbons (Fsp3) is 0.0435. The number of benzene rings is 7. The van der Waals surface area contributed by atoms with Gasteiger partial charge < -0.3 is 4.74 Å². The van der Waals surface area contributed by atoms with E-state index in [4.69, 9.17) is 14.7 Å². The van der Waals surface area contributed by atoms with Crippen molar-refractivity contribution in [2.45, 2.75) is 12.0 Å². The molecule has 0 fully saturated rings. The Kier molecular flexibility index (Phi) is 5.46. The molecule has 0 spiro atoms. The van der Waals surface area contributed by atoms with E-state index in [1.807, 2.05) is 17.4 Å². The number of allylic oxidation sites excluding steroid dienone is 2. The van der Waals surface area contributed by atoms with Crippen molar-refractivity contribution in [1.82, 2.24) is 14.5 Å². The molecule has 4 nitrogen and oxygen atoms in total. The topological polar surface area (TPSA) is 39.9 Å². The molecule has 0 amide bonds. The number of hydrogen-bond acceptors (Lipinski definition) is 4. The second kappa shape index (κ2) is 10.1. The molecule has 10 aromatic rings. The lowest BCUT2D eigenvalue weighted by molar-refractivity contribution is 0.257. The first-order valence-electron chi connectivity index (χ1n) is 17.4. The van der Waals surface area contributed by atoms with E-state index in [9.17, 15) is 0 Å². The number of thiophene rings is 1. The van der Waals surface area contributed by atoms with Crippen LogP contribution in [0.2, 0.25) is 0 Å². The zero-order valence-corrected chi connectivity index (χ0v) is 28.1. The average molecular weight is 670 g/mol. The number of ether oxygens (including phenoxy) is 1. The number of rotatable bonds is 2. The molecule has 238 valence electrons. The van der Waals surface area contributed by atoms with Gasteiger partial charge >= 0.3 is 0 Å². The quantitative estimate of drug-likeness (QED) is 0.172. The van der Waals surface area contributed by atoms with E-state index in [1.165, 1.54) is 58.1 Å². The Bertz CT molecular complexity index is 3200. The van der Waals surface area contributed by atoms with Gasteiger partial charge in [-0.2, -0.15) is 0 Å². The van der Waals surface area contributed by atoms with Crippen LogP contribution in [0.4, 0.5) is 0 Å². The summed E-state index contributed by atoms with van der Waals surface area (Å²) in [6, 6.07) is 47.7. The molecule has 3 aromatic heterocycles. The van der Waals surface area contributed by atoms with Crippen LogP contribution in [0.5, 0.6) is 5.75 Å². The monoisotopic (exact) mass is 669 g/mol. The minimum atomic E-state index is -0.165. The first-order valence-corrected chi connectivity index (χ1v) is 18.2. The summed E-state index contributed by atoms with van der Waals surface area (Å²) >= 11 is 1.88. The van der Waals surface area contributed by atoms with Gasteiger partial charge in [0.15, 0.2) is 0 Å². The lowest BCUT2D eigenvalue weighted by atomic mass is 9.85. The van der Waals surface area contributed by atoms with Crippen LogP contribution >= 0.6 is 11.3 Å². The van der Waals surface area contributed by atoms with E-state index in [0.717, 1.165) is 38.9 Å². The van der Waals surface area contributed by atoms with Gasteiger partial charge in [0.2, 0.25) is 5.95 Å². The normalized spacial score (nSPS) is 16.8. The molecule has 12 rings (SSSR count). The van der Waals surface area contributed by atoms with Crippen LogP contribution in [0.1, 0.15) is 17.2 Å². The second-order valence-electron chi connectivity index (χ2n) is 13.6. The summed E-state index contributed by atoms with van der Waals surface area (Å²) in [4.78, 5) is 11.0. The molecule has 0 bridgehead atoms. The van der Waals surface area contributed by atoms with E-state index in [2.05, 4.69) is 150 Å². The molecule has 0 radical (unpaired) electrons. The number of hydrogen-bond donors (Lipinski definition) is 0. The molecule has 51 heavy (non-hydrogen) atoms. The molecule has 7 aromatic carbocycles. The second-order valence-corrected chi connectivity index (χ2v) is 14.6. The Morgan fingerprint density at radius 1 is 0.608 bits per heavy atom. The van der Waals surface area contributed by atoms with Crippen molar-refractivity contribution >= 4 is 91.3 Å². The van der Waals surface area contributed by atoms with Crippen LogP contribution in [0.25, 0.3) is 85.9 Å². The minimum Gasteiger partial charge on any atom is -0.484 e. The molecule has 2 aliphatic rings. The molecule has 4 heterocycles. The third kappa shape index (κ3) is 3.68. The molecule has 2 unspecified atom stereocenters. The Balaban J connectivity index is 1.23. The molecule has 0 saturated carbocycles. The number of para-hydroxylation sites is 3. The highest BCUT2D eigenvalue weighted by Crippen LogP contribution is 2.50. The van der Waals surface area contributed by atoms with Crippen LogP contribution < -0.4 is 4.74 Å². The SMILES string of the molecule is C1=CC(c2nc(-n3c4ccccc4c4c5ccc6ccccc6c5c5sc6ccccc6c5c43)nc3ccccc23)C2Oc3ccccc3C2=C1. The van der Waals surface area contributed by atoms with Gasteiger partial charge in [-0.3, -0.25) is 4.57 Å². The van der Waals surface area contributed by atoms with Gasteiger partial charge in [-0.05, 0) is 40.4 Å². The molecule has 0 N–H and O–H groups in total. The highest BCUT2D eigenvalue weighted by atomic mass is 32.1. The van der Waals surface area contributed by atoms with Crippen molar-refractivity contribution in [3.63, 3.8) is 0 Å². The van der Waals surface area contributed by atoms with Crippen LogP contribution in [-0.4, -0.2) is 20.6 Å². The smallest absolute Gasteiger partial charge is 0.235 e. The summed E-state index contributed by atoms with van der Waals surface area (Å²) in [6.07, 6.45) is 6.43. The molecule has 2 atom stereocenters. The molecule has 5 heteroatoms.